The van der Waals surface area contributed by atoms with E-state index in [1.165, 1.54) is 0 Å². The molecule has 1 saturated heterocycles. The number of hydrogen-bond acceptors (Lipinski definition) is 7. The lowest BCUT2D eigenvalue weighted by Gasteiger charge is -2.36. The highest BCUT2D eigenvalue weighted by Crippen LogP contribution is 2.33. The lowest BCUT2D eigenvalue weighted by Crippen LogP contribution is -2.47. The summed E-state index contributed by atoms with van der Waals surface area (Å²) in [7, 11) is 5.61. The number of aryl methyl sites for hydroxylation is 1. The van der Waals surface area contributed by atoms with Gasteiger partial charge in [-0.05, 0) is 36.8 Å². The van der Waals surface area contributed by atoms with E-state index >= 15 is 0 Å². The van der Waals surface area contributed by atoms with Crippen LogP contribution in [0, 0.1) is 6.92 Å². The van der Waals surface area contributed by atoms with Crippen molar-refractivity contribution < 1.29 is 4.74 Å². The van der Waals surface area contributed by atoms with E-state index in [0.29, 0.717) is 10.8 Å². The lowest BCUT2D eigenvalue weighted by atomic mass is 10.1. The van der Waals surface area contributed by atoms with Gasteiger partial charge in [0.05, 0.1) is 17.8 Å². The van der Waals surface area contributed by atoms with Gasteiger partial charge < -0.3 is 23.8 Å². The molecule has 0 saturated carbocycles. The molecule has 0 aliphatic carbocycles. The van der Waals surface area contributed by atoms with Crippen LogP contribution in [0.1, 0.15) is 5.56 Å². The molecule has 1 fully saturated rings. The van der Waals surface area contributed by atoms with Gasteiger partial charge in [0.1, 0.15) is 17.2 Å². The number of nitrogens with zero attached hydrogens (tertiary/aromatic N) is 7. The third-order valence-electron chi connectivity index (χ3n) is 6.23. The maximum absolute atomic E-state index is 6.38. The number of pyridine rings is 1. The smallest absolute Gasteiger partial charge is 0.227 e. The number of aromatic nitrogens is 4. The predicted molar refractivity (Wildman–Crippen MR) is 138 cm³/mol. The van der Waals surface area contributed by atoms with Crippen molar-refractivity contribution in [2.24, 2.45) is 0 Å². The van der Waals surface area contributed by atoms with Crippen LogP contribution in [0.2, 0.25) is 5.02 Å². The SMILES string of the molecule is COc1cc(C)c(-c2cn3ccc(N4CCN(c5nccc(N(C)C)n5)CC4)cc3n2)cc1Cl. The lowest BCUT2D eigenvalue weighted by molar-refractivity contribution is 0.415. The minimum absolute atomic E-state index is 0.582. The second-order valence-electron chi connectivity index (χ2n) is 8.66. The first-order valence-electron chi connectivity index (χ1n) is 11.3. The summed E-state index contributed by atoms with van der Waals surface area (Å²) in [4.78, 5) is 20.7. The molecule has 0 radical (unpaired) electrons. The molecule has 4 aromatic rings. The minimum Gasteiger partial charge on any atom is -0.495 e. The first-order chi connectivity index (χ1) is 16.4. The van der Waals surface area contributed by atoms with Gasteiger partial charge in [0, 0.05) is 76.2 Å². The fraction of sp³-hybridized carbons (Fsp3) is 0.320. The van der Waals surface area contributed by atoms with Crippen LogP contribution in [0.3, 0.4) is 0 Å². The first-order valence-corrected chi connectivity index (χ1v) is 11.6. The fourth-order valence-electron chi connectivity index (χ4n) is 4.29. The van der Waals surface area contributed by atoms with Crippen molar-refractivity contribution in [3.05, 3.63) is 59.5 Å². The van der Waals surface area contributed by atoms with Gasteiger partial charge in [0.15, 0.2) is 0 Å². The van der Waals surface area contributed by atoms with Crippen molar-refractivity contribution >= 4 is 34.7 Å². The molecule has 0 spiro atoms. The molecule has 9 heteroatoms. The Labute approximate surface area is 204 Å². The topological polar surface area (TPSA) is 62.0 Å². The molecule has 0 atom stereocenters. The zero-order valence-corrected chi connectivity index (χ0v) is 20.6. The standard InChI is InChI=1S/C25H28ClN7O/c1-17-13-22(34-4)20(26)15-19(17)21-16-33-8-6-18(14-24(33)28-21)31-9-11-32(12-10-31)25-27-7-5-23(29-25)30(2)3/h5-8,13-16H,9-12H2,1-4H3. The van der Waals surface area contributed by atoms with E-state index in [0.717, 1.165) is 66.1 Å². The molecule has 34 heavy (non-hydrogen) atoms. The predicted octanol–water partition coefficient (Wildman–Crippen LogP) is 4.15. The van der Waals surface area contributed by atoms with Crippen LogP contribution < -0.4 is 19.4 Å². The molecule has 1 aromatic carbocycles. The van der Waals surface area contributed by atoms with Gasteiger partial charge >= 0.3 is 0 Å². The van der Waals surface area contributed by atoms with Gasteiger partial charge in [0.2, 0.25) is 5.95 Å². The fourth-order valence-corrected chi connectivity index (χ4v) is 4.53. The monoisotopic (exact) mass is 477 g/mol. The largest absolute Gasteiger partial charge is 0.495 e. The van der Waals surface area contributed by atoms with E-state index in [2.05, 4.69) is 38.1 Å². The van der Waals surface area contributed by atoms with Crippen LogP contribution in [0.15, 0.2) is 48.9 Å². The van der Waals surface area contributed by atoms with E-state index in [1.807, 2.05) is 60.9 Å². The average Bonchev–Trinajstić information content (AvgIpc) is 3.28. The Bertz CT molecular complexity index is 1330. The van der Waals surface area contributed by atoms with Crippen LogP contribution in [-0.2, 0) is 0 Å². The van der Waals surface area contributed by atoms with E-state index in [-0.39, 0.29) is 0 Å². The molecule has 4 heterocycles. The van der Waals surface area contributed by atoms with Gasteiger partial charge in [-0.25, -0.2) is 9.97 Å². The van der Waals surface area contributed by atoms with Crippen molar-refractivity contribution in [1.29, 1.82) is 0 Å². The number of benzene rings is 1. The van der Waals surface area contributed by atoms with Gasteiger partial charge in [-0.3, -0.25) is 0 Å². The number of fused-ring (bicyclic) bond motifs is 1. The Morgan fingerprint density at radius 3 is 2.50 bits per heavy atom. The van der Waals surface area contributed by atoms with Crippen molar-refractivity contribution in [2.45, 2.75) is 6.92 Å². The number of anilines is 3. The van der Waals surface area contributed by atoms with Crippen LogP contribution in [0.25, 0.3) is 16.9 Å². The van der Waals surface area contributed by atoms with Gasteiger partial charge in [-0.2, -0.15) is 4.98 Å². The number of imidazole rings is 1. The Balaban J connectivity index is 1.34. The third kappa shape index (κ3) is 4.21. The maximum atomic E-state index is 6.38. The summed E-state index contributed by atoms with van der Waals surface area (Å²) in [5.74, 6) is 2.38. The van der Waals surface area contributed by atoms with Crippen molar-refractivity contribution in [1.82, 2.24) is 19.4 Å². The highest BCUT2D eigenvalue weighted by atomic mass is 35.5. The molecule has 1 aliphatic heterocycles. The normalized spacial score (nSPS) is 14.0. The summed E-state index contributed by atoms with van der Waals surface area (Å²) in [5, 5.41) is 0.582. The number of halogens is 1. The molecule has 0 N–H and O–H groups in total. The second-order valence-corrected chi connectivity index (χ2v) is 9.07. The van der Waals surface area contributed by atoms with E-state index in [1.54, 1.807) is 7.11 Å². The minimum atomic E-state index is 0.582. The zero-order valence-electron chi connectivity index (χ0n) is 19.9. The Morgan fingerprint density at radius 2 is 1.76 bits per heavy atom. The van der Waals surface area contributed by atoms with Crippen LogP contribution >= 0.6 is 11.6 Å². The Morgan fingerprint density at radius 1 is 1.00 bits per heavy atom. The number of hydrogen-bond donors (Lipinski definition) is 0. The number of ether oxygens (including phenoxy) is 1. The van der Waals surface area contributed by atoms with E-state index < -0.39 is 0 Å². The molecule has 176 valence electrons. The molecule has 0 amide bonds. The Kier molecular flexibility index (Phi) is 5.91. The van der Waals surface area contributed by atoms with Crippen molar-refractivity contribution in [3.8, 4) is 17.0 Å². The summed E-state index contributed by atoms with van der Waals surface area (Å²) in [6, 6.07) is 10.1. The highest BCUT2D eigenvalue weighted by molar-refractivity contribution is 6.32. The average molecular weight is 478 g/mol. The van der Waals surface area contributed by atoms with Crippen LogP contribution in [0.5, 0.6) is 5.75 Å². The highest BCUT2D eigenvalue weighted by Gasteiger charge is 2.20. The summed E-state index contributed by atoms with van der Waals surface area (Å²) in [6.45, 7) is 5.57. The summed E-state index contributed by atoms with van der Waals surface area (Å²) in [5.41, 5.74) is 5.04. The maximum Gasteiger partial charge on any atom is 0.227 e. The summed E-state index contributed by atoms with van der Waals surface area (Å²) >= 11 is 6.38. The zero-order chi connectivity index (χ0) is 23.8. The Hall–Kier alpha value is -3.52. The number of rotatable bonds is 5. The molecular weight excluding hydrogens is 450 g/mol. The molecule has 5 rings (SSSR count). The van der Waals surface area contributed by atoms with Gasteiger partial charge in [0.25, 0.3) is 0 Å². The molecule has 0 unspecified atom stereocenters. The molecule has 1 aliphatic rings. The molecule has 0 bridgehead atoms. The van der Waals surface area contributed by atoms with Crippen molar-refractivity contribution in [2.75, 3.05) is 62.1 Å². The number of methoxy groups -OCH3 is 1. The van der Waals surface area contributed by atoms with E-state index in [4.69, 9.17) is 21.3 Å². The van der Waals surface area contributed by atoms with Gasteiger partial charge in [-0.1, -0.05) is 11.6 Å². The van der Waals surface area contributed by atoms with Crippen LogP contribution in [0.4, 0.5) is 17.5 Å². The second kappa shape index (κ2) is 9.02. The quantitative estimate of drug-likeness (QED) is 0.427. The molecule has 8 nitrogen and oxygen atoms in total. The summed E-state index contributed by atoms with van der Waals surface area (Å²) in [6.07, 6.45) is 5.93. The van der Waals surface area contributed by atoms with Gasteiger partial charge in [-0.15, -0.1) is 0 Å². The number of piperazine rings is 1. The summed E-state index contributed by atoms with van der Waals surface area (Å²) < 4.78 is 7.38. The van der Waals surface area contributed by atoms with Crippen LogP contribution in [-0.4, -0.2) is 66.7 Å². The molecule has 3 aromatic heterocycles. The first kappa shape index (κ1) is 22.3. The van der Waals surface area contributed by atoms with E-state index in [9.17, 15) is 0 Å². The van der Waals surface area contributed by atoms with Crippen molar-refractivity contribution in [3.63, 3.8) is 0 Å². The molecular formula is C25H28ClN7O. The third-order valence-corrected chi connectivity index (χ3v) is 6.53.